The molecule has 0 saturated carbocycles. The van der Waals surface area contributed by atoms with Gasteiger partial charge in [-0.15, -0.1) is 11.3 Å². The maximum Gasteiger partial charge on any atom is 0.222 e. The Bertz CT molecular complexity index is 458. The van der Waals surface area contributed by atoms with Crippen LogP contribution in [0.15, 0.2) is 6.07 Å². The van der Waals surface area contributed by atoms with Gasteiger partial charge in [-0.05, 0) is 30.9 Å². The minimum absolute atomic E-state index is 0.189. The topological polar surface area (TPSA) is 29.5 Å². The molecular formula is C14H19Cl2NO2S. The molecule has 0 radical (unpaired) electrons. The molecule has 1 aliphatic heterocycles. The van der Waals surface area contributed by atoms with E-state index in [1.54, 1.807) is 0 Å². The predicted octanol–water partition coefficient (Wildman–Crippen LogP) is 3.87. The predicted molar refractivity (Wildman–Crippen MR) is 83.8 cm³/mol. The summed E-state index contributed by atoms with van der Waals surface area (Å²) in [6.45, 7) is 2.40. The lowest BCUT2D eigenvalue weighted by molar-refractivity contribution is -0.130. The van der Waals surface area contributed by atoms with Crippen LogP contribution in [-0.2, 0) is 16.0 Å². The summed E-state index contributed by atoms with van der Waals surface area (Å²) in [5.74, 6) is 0.684. The summed E-state index contributed by atoms with van der Waals surface area (Å²) in [5, 5.41) is 0. The van der Waals surface area contributed by atoms with Crippen molar-refractivity contribution in [1.82, 2.24) is 4.90 Å². The van der Waals surface area contributed by atoms with Crippen molar-refractivity contribution in [2.24, 2.45) is 5.92 Å². The Morgan fingerprint density at radius 1 is 1.55 bits per heavy atom. The third-order valence-corrected chi connectivity index (χ3v) is 5.11. The number of halogens is 2. The Morgan fingerprint density at radius 3 is 2.95 bits per heavy atom. The first-order valence-corrected chi connectivity index (χ1v) is 8.39. The lowest BCUT2D eigenvalue weighted by Gasteiger charge is -2.20. The molecule has 0 aromatic carbocycles. The minimum atomic E-state index is 0.189. The average Bonchev–Trinajstić information content (AvgIpc) is 2.99. The van der Waals surface area contributed by atoms with E-state index in [1.165, 1.54) is 11.3 Å². The van der Waals surface area contributed by atoms with E-state index in [4.69, 9.17) is 27.9 Å². The summed E-state index contributed by atoms with van der Waals surface area (Å²) >= 11 is 13.3. The molecule has 6 heteroatoms. The van der Waals surface area contributed by atoms with Gasteiger partial charge in [-0.2, -0.15) is 0 Å². The van der Waals surface area contributed by atoms with E-state index in [0.717, 1.165) is 48.9 Å². The van der Waals surface area contributed by atoms with Gasteiger partial charge in [0.2, 0.25) is 5.91 Å². The zero-order valence-electron chi connectivity index (χ0n) is 11.5. The zero-order chi connectivity index (χ0) is 14.5. The first-order chi connectivity index (χ1) is 9.56. The van der Waals surface area contributed by atoms with Crippen LogP contribution < -0.4 is 0 Å². The monoisotopic (exact) mass is 335 g/mol. The van der Waals surface area contributed by atoms with Gasteiger partial charge in [0.1, 0.15) is 0 Å². The van der Waals surface area contributed by atoms with E-state index < -0.39 is 0 Å². The summed E-state index contributed by atoms with van der Waals surface area (Å²) < 4.78 is 6.77. The van der Waals surface area contributed by atoms with E-state index in [0.29, 0.717) is 16.7 Å². The number of thiophene rings is 1. The number of carbonyl (C=O) groups is 1. The second-order valence-electron chi connectivity index (χ2n) is 5.21. The molecule has 1 atom stereocenters. The number of nitrogens with zero attached hydrogens (tertiary/aromatic N) is 1. The van der Waals surface area contributed by atoms with E-state index in [9.17, 15) is 4.79 Å². The van der Waals surface area contributed by atoms with Crippen LogP contribution in [0.25, 0.3) is 0 Å². The van der Waals surface area contributed by atoms with Crippen molar-refractivity contribution in [2.75, 3.05) is 26.8 Å². The summed E-state index contributed by atoms with van der Waals surface area (Å²) in [4.78, 5) is 13.9. The fraction of sp³-hybridized carbons (Fsp3) is 0.643. The van der Waals surface area contributed by atoms with Crippen LogP contribution in [0.4, 0.5) is 0 Å². The Balaban J connectivity index is 1.70. The number of carbonyl (C=O) groups excluding carboxylic acids is 1. The number of ether oxygens (including phenoxy) is 1. The van der Waals surface area contributed by atoms with Gasteiger partial charge in [0.25, 0.3) is 0 Å². The van der Waals surface area contributed by atoms with Gasteiger partial charge in [-0.1, -0.05) is 23.2 Å². The van der Waals surface area contributed by atoms with Crippen LogP contribution >= 0.6 is 34.5 Å². The fourth-order valence-electron chi connectivity index (χ4n) is 2.38. The largest absolute Gasteiger partial charge is 0.381 e. The van der Waals surface area contributed by atoms with Crippen molar-refractivity contribution in [1.29, 1.82) is 0 Å². The smallest absolute Gasteiger partial charge is 0.222 e. The summed E-state index contributed by atoms with van der Waals surface area (Å²) in [6, 6.07) is 1.89. The minimum Gasteiger partial charge on any atom is -0.381 e. The maximum absolute atomic E-state index is 12.0. The van der Waals surface area contributed by atoms with Gasteiger partial charge in [0.05, 0.1) is 15.3 Å². The van der Waals surface area contributed by atoms with Crippen LogP contribution in [-0.4, -0.2) is 37.6 Å². The Kier molecular flexibility index (Phi) is 6.15. The molecule has 0 spiro atoms. The molecule has 1 saturated heterocycles. The standard InChI is InChI=1S/C14H19Cl2NO2S/c1-17(8-10-5-6-19-9-10)13(18)4-2-3-11-7-12(15)20-14(11)16/h7,10H,2-6,8-9H2,1H3/t10-/m1/s1. The van der Waals surface area contributed by atoms with Gasteiger partial charge in [-0.25, -0.2) is 0 Å². The lowest BCUT2D eigenvalue weighted by atomic mass is 10.1. The molecule has 0 unspecified atom stereocenters. The molecule has 1 fully saturated rings. The molecule has 3 nitrogen and oxygen atoms in total. The highest BCUT2D eigenvalue weighted by molar-refractivity contribution is 7.20. The van der Waals surface area contributed by atoms with Crippen molar-refractivity contribution in [3.63, 3.8) is 0 Å². The second-order valence-corrected chi connectivity index (χ2v) is 7.49. The Labute approximate surface area is 133 Å². The molecule has 0 bridgehead atoms. The molecule has 1 aromatic rings. The summed E-state index contributed by atoms with van der Waals surface area (Å²) in [5.41, 5.74) is 1.04. The molecule has 1 aromatic heterocycles. The Morgan fingerprint density at radius 2 is 2.35 bits per heavy atom. The van der Waals surface area contributed by atoms with Gasteiger partial charge in [0, 0.05) is 32.5 Å². The van der Waals surface area contributed by atoms with Crippen molar-refractivity contribution in [3.05, 3.63) is 20.3 Å². The number of hydrogen-bond acceptors (Lipinski definition) is 3. The van der Waals surface area contributed by atoms with Crippen LogP contribution in [0.3, 0.4) is 0 Å². The quantitative estimate of drug-likeness (QED) is 0.789. The van der Waals surface area contributed by atoms with E-state index in [2.05, 4.69) is 0 Å². The van der Waals surface area contributed by atoms with Gasteiger partial charge in [-0.3, -0.25) is 4.79 Å². The number of rotatable bonds is 6. The van der Waals surface area contributed by atoms with Gasteiger partial charge in [0.15, 0.2) is 0 Å². The molecule has 1 aliphatic rings. The van der Waals surface area contributed by atoms with Crippen LogP contribution in [0.1, 0.15) is 24.8 Å². The molecule has 0 aliphatic carbocycles. The lowest BCUT2D eigenvalue weighted by Crippen LogP contribution is -2.31. The van der Waals surface area contributed by atoms with E-state index in [-0.39, 0.29) is 5.91 Å². The molecule has 112 valence electrons. The third kappa shape index (κ3) is 4.62. The molecule has 1 amide bonds. The maximum atomic E-state index is 12.0. The van der Waals surface area contributed by atoms with Gasteiger partial charge < -0.3 is 9.64 Å². The normalized spacial score (nSPS) is 18.4. The highest BCUT2D eigenvalue weighted by Gasteiger charge is 2.19. The zero-order valence-corrected chi connectivity index (χ0v) is 13.9. The highest BCUT2D eigenvalue weighted by Crippen LogP contribution is 2.32. The molecule has 2 heterocycles. The van der Waals surface area contributed by atoms with Crippen LogP contribution in [0, 0.1) is 5.92 Å². The van der Waals surface area contributed by atoms with Crippen molar-refractivity contribution in [3.8, 4) is 0 Å². The summed E-state index contributed by atoms with van der Waals surface area (Å²) in [6.07, 6.45) is 3.21. The molecule has 0 N–H and O–H groups in total. The molecule has 20 heavy (non-hydrogen) atoms. The van der Waals surface area contributed by atoms with Crippen molar-refractivity contribution < 1.29 is 9.53 Å². The average molecular weight is 336 g/mol. The SMILES string of the molecule is CN(C[C@H]1CCOC1)C(=O)CCCc1cc(Cl)sc1Cl. The number of hydrogen-bond donors (Lipinski definition) is 0. The van der Waals surface area contributed by atoms with E-state index in [1.807, 2.05) is 18.0 Å². The van der Waals surface area contributed by atoms with Gasteiger partial charge >= 0.3 is 0 Å². The number of aryl methyl sites for hydroxylation is 1. The fourth-order valence-corrected chi connectivity index (χ4v) is 3.93. The first-order valence-electron chi connectivity index (χ1n) is 6.81. The number of amides is 1. The van der Waals surface area contributed by atoms with Crippen molar-refractivity contribution in [2.45, 2.75) is 25.7 Å². The van der Waals surface area contributed by atoms with Crippen molar-refractivity contribution >= 4 is 40.4 Å². The van der Waals surface area contributed by atoms with Crippen LogP contribution in [0.2, 0.25) is 8.67 Å². The third-order valence-electron chi connectivity index (χ3n) is 3.55. The van der Waals surface area contributed by atoms with Crippen LogP contribution in [0.5, 0.6) is 0 Å². The first kappa shape index (κ1) is 16.1. The Hall–Kier alpha value is -0.290. The summed E-state index contributed by atoms with van der Waals surface area (Å²) in [7, 11) is 1.87. The molecular weight excluding hydrogens is 317 g/mol. The van der Waals surface area contributed by atoms with E-state index >= 15 is 0 Å². The highest BCUT2D eigenvalue weighted by atomic mass is 35.5. The molecule has 2 rings (SSSR count). The second kappa shape index (κ2) is 7.64.